The zero-order valence-electron chi connectivity index (χ0n) is 12.5. The maximum Gasteiger partial charge on any atom is 0.335 e. The summed E-state index contributed by atoms with van der Waals surface area (Å²) < 4.78 is 0. The molecule has 0 fully saturated rings. The number of hydrogen-bond acceptors (Lipinski definition) is 3. The first-order valence-electron chi connectivity index (χ1n) is 7.04. The minimum atomic E-state index is -1.06. The maximum absolute atomic E-state index is 12.1. The number of benzene rings is 2. The van der Waals surface area contributed by atoms with Crippen molar-refractivity contribution in [1.82, 2.24) is 0 Å². The SMILES string of the molecule is CCC(=O)Nc1ccc(C(=O)Nc2cccc(C(=O)O)c2)cc1. The normalized spacial score (nSPS) is 9.96. The molecule has 0 heterocycles. The number of aromatic carboxylic acids is 1. The molecule has 0 aliphatic heterocycles. The fourth-order valence-corrected chi connectivity index (χ4v) is 1.89. The van der Waals surface area contributed by atoms with Crippen molar-refractivity contribution in [2.45, 2.75) is 13.3 Å². The number of carbonyl (C=O) groups is 3. The molecule has 6 heteroatoms. The van der Waals surface area contributed by atoms with Crippen molar-refractivity contribution in [3.8, 4) is 0 Å². The van der Waals surface area contributed by atoms with Gasteiger partial charge in [0.15, 0.2) is 0 Å². The Bertz CT molecular complexity index is 739. The Hall–Kier alpha value is -3.15. The van der Waals surface area contributed by atoms with E-state index in [9.17, 15) is 14.4 Å². The molecule has 6 nitrogen and oxygen atoms in total. The first-order valence-corrected chi connectivity index (χ1v) is 7.04. The van der Waals surface area contributed by atoms with Crippen molar-refractivity contribution >= 4 is 29.2 Å². The highest BCUT2D eigenvalue weighted by atomic mass is 16.4. The van der Waals surface area contributed by atoms with Gasteiger partial charge in [0.05, 0.1) is 5.56 Å². The van der Waals surface area contributed by atoms with Gasteiger partial charge in [-0.1, -0.05) is 13.0 Å². The van der Waals surface area contributed by atoms with Crippen LogP contribution in [-0.2, 0) is 4.79 Å². The molecule has 0 spiro atoms. The fourth-order valence-electron chi connectivity index (χ4n) is 1.89. The molecule has 0 aliphatic rings. The van der Waals surface area contributed by atoms with Gasteiger partial charge in [0.2, 0.25) is 5.91 Å². The number of anilines is 2. The van der Waals surface area contributed by atoms with Crippen LogP contribution in [0.5, 0.6) is 0 Å². The Morgan fingerprint density at radius 2 is 1.61 bits per heavy atom. The van der Waals surface area contributed by atoms with Crippen molar-refractivity contribution in [1.29, 1.82) is 0 Å². The predicted octanol–water partition coefficient (Wildman–Crippen LogP) is 2.99. The van der Waals surface area contributed by atoms with Gasteiger partial charge in [0.1, 0.15) is 0 Å². The smallest absolute Gasteiger partial charge is 0.335 e. The van der Waals surface area contributed by atoms with E-state index in [0.717, 1.165) is 0 Å². The van der Waals surface area contributed by atoms with Gasteiger partial charge in [0, 0.05) is 23.4 Å². The number of carboxylic acid groups (broad SMARTS) is 1. The third-order valence-corrected chi connectivity index (χ3v) is 3.12. The molecule has 2 rings (SSSR count). The molecule has 0 unspecified atom stereocenters. The minimum absolute atomic E-state index is 0.0976. The zero-order valence-corrected chi connectivity index (χ0v) is 12.5. The molecule has 3 N–H and O–H groups in total. The van der Waals surface area contributed by atoms with Crippen LogP contribution in [0, 0.1) is 0 Å². The molecule has 2 aromatic rings. The summed E-state index contributed by atoms with van der Waals surface area (Å²) in [7, 11) is 0. The Morgan fingerprint density at radius 3 is 2.22 bits per heavy atom. The average Bonchev–Trinajstić information content (AvgIpc) is 2.55. The Balaban J connectivity index is 2.07. The molecule has 0 saturated heterocycles. The lowest BCUT2D eigenvalue weighted by molar-refractivity contribution is -0.115. The van der Waals surface area contributed by atoms with E-state index >= 15 is 0 Å². The van der Waals surface area contributed by atoms with Gasteiger partial charge in [-0.15, -0.1) is 0 Å². The van der Waals surface area contributed by atoms with Crippen LogP contribution in [0.2, 0.25) is 0 Å². The number of rotatable bonds is 5. The maximum atomic E-state index is 12.1. The van der Waals surface area contributed by atoms with Gasteiger partial charge in [-0.2, -0.15) is 0 Å². The fraction of sp³-hybridized carbons (Fsp3) is 0.118. The number of nitrogens with one attached hydrogen (secondary N) is 2. The number of hydrogen-bond donors (Lipinski definition) is 3. The lowest BCUT2D eigenvalue weighted by Gasteiger charge is -2.07. The van der Waals surface area contributed by atoms with Crippen LogP contribution in [0.15, 0.2) is 48.5 Å². The Labute approximate surface area is 133 Å². The van der Waals surface area contributed by atoms with Gasteiger partial charge >= 0.3 is 5.97 Å². The van der Waals surface area contributed by atoms with Crippen molar-refractivity contribution in [3.05, 3.63) is 59.7 Å². The molecule has 0 aliphatic carbocycles. The summed E-state index contributed by atoms with van der Waals surface area (Å²) in [6.07, 6.45) is 0.377. The average molecular weight is 312 g/mol. The molecule has 0 aromatic heterocycles. The lowest BCUT2D eigenvalue weighted by atomic mass is 10.1. The van der Waals surface area contributed by atoms with Crippen LogP contribution in [0.25, 0.3) is 0 Å². The van der Waals surface area contributed by atoms with Crippen molar-refractivity contribution in [2.24, 2.45) is 0 Å². The second kappa shape index (κ2) is 7.22. The van der Waals surface area contributed by atoms with E-state index in [0.29, 0.717) is 23.4 Å². The summed E-state index contributed by atoms with van der Waals surface area (Å²) in [4.78, 5) is 34.3. The summed E-state index contributed by atoms with van der Waals surface area (Å²) in [6, 6.07) is 12.4. The summed E-state index contributed by atoms with van der Waals surface area (Å²) in [5, 5.41) is 14.3. The van der Waals surface area contributed by atoms with Crippen LogP contribution in [-0.4, -0.2) is 22.9 Å². The van der Waals surface area contributed by atoms with Gasteiger partial charge in [-0.05, 0) is 42.5 Å². The number of amides is 2. The molecular formula is C17H16N2O4. The molecule has 23 heavy (non-hydrogen) atoms. The highest BCUT2D eigenvalue weighted by molar-refractivity contribution is 6.05. The van der Waals surface area contributed by atoms with E-state index in [-0.39, 0.29) is 17.4 Å². The van der Waals surface area contributed by atoms with E-state index in [1.165, 1.54) is 12.1 Å². The lowest BCUT2D eigenvalue weighted by Crippen LogP contribution is -2.13. The summed E-state index contributed by atoms with van der Waals surface area (Å²) in [5.74, 6) is -1.52. The first-order chi connectivity index (χ1) is 11.0. The monoisotopic (exact) mass is 312 g/mol. The Kier molecular flexibility index (Phi) is 5.09. The van der Waals surface area contributed by atoms with E-state index in [2.05, 4.69) is 10.6 Å². The van der Waals surface area contributed by atoms with Crippen molar-refractivity contribution in [2.75, 3.05) is 10.6 Å². The van der Waals surface area contributed by atoms with E-state index in [4.69, 9.17) is 5.11 Å². The molecule has 0 atom stereocenters. The molecule has 118 valence electrons. The highest BCUT2D eigenvalue weighted by Crippen LogP contribution is 2.14. The van der Waals surface area contributed by atoms with Gasteiger partial charge < -0.3 is 15.7 Å². The quantitative estimate of drug-likeness (QED) is 0.791. The topological polar surface area (TPSA) is 95.5 Å². The predicted molar refractivity (Wildman–Crippen MR) is 86.7 cm³/mol. The minimum Gasteiger partial charge on any atom is -0.478 e. The first kappa shape index (κ1) is 16.2. The van der Waals surface area contributed by atoms with Gasteiger partial charge in [-0.3, -0.25) is 9.59 Å². The molecule has 2 amide bonds. The third-order valence-electron chi connectivity index (χ3n) is 3.12. The van der Waals surface area contributed by atoms with Crippen LogP contribution in [0.1, 0.15) is 34.1 Å². The van der Waals surface area contributed by atoms with Crippen LogP contribution < -0.4 is 10.6 Å². The number of carboxylic acids is 1. The van der Waals surface area contributed by atoms with E-state index in [1.807, 2.05) is 0 Å². The third kappa shape index (κ3) is 4.41. The molecule has 2 aromatic carbocycles. The Morgan fingerprint density at radius 1 is 0.913 bits per heavy atom. The van der Waals surface area contributed by atoms with Crippen molar-refractivity contribution < 1.29 is 19.5 Å². The second-order valence-electron chi connectivity index (χ2n) is 4.82. The summed E-state index contributed by atoms with van der Waals surface area (Å²) >= 11 is 0. The van der Waals surface area contributed by atoms with Gasteiger partial charge in [-0.25, -0.2) is 4.79 Å². The van der Waals surface area contributed by atoms with E-state index in [1.54, 1.807) is 43.3 Å². The largest absolute Gasteiger partial charge is 0.478 e. The number of carbonyl (C=O) groups excluding carboxylic acids is 2. The van der Waals surface area contributed by atoms with Gasteiger partial charge in [0.25, 0.3) is 5.91 Å². The van der Waals surface area contributed by atoms with Crippen molar-refractivity contribution in [3.63, 3.8) is 0 Å². The molecule has 0 saturated carbocycles. The summed E-state index contributed by atoms with van der Waals surface area (Å²) in [6.45, 7) is 1.75. The van der Waals surface area contributed by atoms with E-state index < -0.39 is 5.97 Å². The van der Waals surface area contributed by atoms with Crippen LogP contribution in [0.4, 0.5) is 11.4 Å². The van der Waals surface area contributed by atoms with Crippen LogP contribution >= 0.6 is 0 Å². The van der Waals surface area contributed by atoms with Crippen LogP contribution in [0.3, 0.4) is 0 Å². The zero-order chi connectivity index (χ0) is 16.8. The molecular weight excluding hydrogens is 296 g/mol. The summed E-state index contributed by atoms with van der Waals surface area (Å²) in [5.41, 5.74) is 1.51. The molecule has 0 radical (unpaired) electrons. The standard InChI is InChI=1S/C17H16N2O4/c1-2-15(20)18-13-8-6-11(7-9-13)16(21)19-14-5-3-4-12(10-14)17(22)23/h3-10H,2H2,1H3,(H,18,20)(H,19,21)(H,22,23). The second-order valence-corrected chi connectivity index (χ2v) is 4.82. The molecule has 0 bridgehead atoms. The highest BCUT2D eigenvalue weighted by Gasteiger charge is 2.09.